The van der Waals surface area contributed by atoms with Crippen LogP contribution in [-0.4, -0.2) is 32.1 Å². The zero-order valence-electron chi connectivity index (χ0n) is 19.3. The molecule has 0 saturated heterocycles. The smallest absolute Gasteiger partial charge is 0.693 e. The van der Waals surface area contributed by atoms with Crippen molar-refractivity contribution in [3.05, 3.63) is 114 Å². The van der Waals surface area contributed by atoms with E-state index in [1.54, 1.807) is 0 Å². The molecule has 0 aliphatic rings. The van der Waals surface area contributed by atoms with Crippen LogP contribution in [0, 0.1) is 0 Å². The fourth-order valence-corrected chi connectivity index (χ4v) is 3.35. The van der Waals surface area contributed by atoms with Crippen molar-refractivity contribution in [3.8, 4) is 5.75 Å². The van der Waals surface area contributed by atoms with Crippen molar-refractivity contribution in [2.45, 2.75) is 13.3 Å². The molecule has 0 fully saturated rings. The van der Waals surface area contributed by atoms with Gasteiger partial charge in [-0.1, -0.05) is 79.7 Å². The van der Waals surface area contributed by atoms with Gasteiger partial charge in [0.2, 0.25) is 0 Å². The molecule has 4 nitrogen and oxygen atoms in total. The number of benzene rings is 3. The molecule has 3 rings (SSSR count). The molecular weight excluding hydrogens is 636 g/mol. The van der Waals surface area contributed by atoms with Crippen LogP contribution in [0.2, 0.25) is 0 Å². The summed E-state index contributed by atoms with van der Waals surface area (Å²) < 4.78 is 5.87. The quantitative estimate of drug-likeness (QED) is 0.225. The minimum Gasteiger partial charge on any atom is -0.693 e. The standard InChI is InChI=1S/C26H29NO.2ClH.2H2N.Pt/c1-4-25(21-11-7-5-8-12-21)26(22-13-9-6-10-14-22)23-15-17-24(18-16-23)28-20-19-27(2)3;;;;;/h5-18H,4,19-20H2,1-3H3;2*1H;2*1H2;/q;;;2*-1;+4/p-2/b26-25-;;;;;. The molecule has 3 aromatic rings. The predicted molar refractivity (Wildman–Crippen MR) is 142 cm³/mol. The SMILES string of the molecule is CC/C(=C(\c1ccccc1)c1ccc(OCCN(C)C)cc1)c1ccccc1.[Cl][Pt+2][Cl].[NH2-].[NH2-]. The molecule has 33 heavy (non-hydrogen) atoms. The van der Waals surface area contributed by atoms with Crippen molar-refractivity contribution >= 4 is 30.0 Å². The van der Waals surface area contributed by atoms with Crippen molar-refractivity contribution in [2.24, 2.45) is 0 Å². The fraction of sp³-hybridized carbons (Fsp3) is 0.231. The van der Waals surface area contributed by atoms with Crippen LogP contribution in [0.25, 0.3) is 23.4 Å². The molecule has 0 aliphatic carbocycles. The number of halogens is 2. The molecule has 7 heteroatoms. The Morgan fingerprint density at radius 3 is 1.67 bits per heavy atom. The van der Waals surface area contributed by atoms with E-state index in [0.717, 1.165) is 18.7 Å². The van der Waals surface area contributed by atoms with Crippen molar-refractivity contribution in [1.29, 1.82) is 0 Å². The van der Waals surface area contributed by atoms with Crippen LogP contribution >= 0.6 is 18.8 Å². The summed E-state index contributed by atoms with van der Waals surface area (Å²) in [4.78, 5) is 2.12. The molecular formula is C26H33Cl2N3OPt. The normalized spacial score (nSPS) is 10.8. The van der Waals surface area contributed by atoms with Crippen LogP contribution in [-0.2, 0) is 16.5 Å². The summed E-state index contributed by atoms with van der Waals surface area (Å²) >= 11 is -0.472. The van der Waals surface area contributed by atoms with Crippen LogP contribution in [0.1, 0.15) is 30.0 Å². The molecule has 0 heterocycles. The summed E-state index contributed by atoms with van der Waals surface area (Å²) in [6, 6.07) is 29.8. The van der Waals surface area contributed by atoms with Crippen molar-refractivity contribution in [2.75, 3.05) is 27.2 Å². The minimum atomic E-state index is -0.472. The molecule has 0 atom stereocenters. The number of nitrogens with zero attached hydrogens (tertiary/aromatic N) is 1. The van der Waals surface area contributed by atoms with E-state index in [4.69, 9.17) is 23.6 Å². The average molecular weight is 670 g/mol. The van der Waals surface area contributed by atoms with E-state index in [2.05, 4.69) is 111 Å². The summed E-state index contributed by atoms with van der Waals surface area (Å²) in [5, 5.41) is 0. The van der Waals surface area contributed by atoms with Crippen LogP contribution in [0.5, 0.6) is 5.75 Å². The Morgan fingerprint density at radius 1 is 0.758 bits per heavy atom. The summed E-state index contributed by atoms with van der Waals surface area (Å²) in [7, 11) is 13.9. The maximum Gasteiger partial charge on any atom is -0.693 e. The van der Waals surface area contributed by atoms with E-state index < -0.39 is 16.5 Å². The molecule has 0 aromatic heterocycles. The number of allylic oxidation sites excluding steroid dienone is 1. The maximum absolute atomic E-state index is 5.87. The first-order valence-electron chi connectivity index (χ1n) is 10.1. The molecule has 0 radical (unpaired) electrons. The third-order valence-electron chi connectivity index (χ3n) is 4.79. The van der Waals surface area contributed by atoms with Crippen LogP contribution < -0.4 is 4.74 Å². The molecule has 3 aromatic carbocycles. The van der Waals surface area contributed by atoms with Gasteiger partial charge in [-0.3, -0.25) is 0 Å². The molecule has 0 spiro atoms. The van der Waals surface area contributed by atoms with Crippen LogP contribution in [0.4, 0.5) is 0 Å². The second kappa shape index (κ2) is 17.8. The number of ether oxygens (including phenoxy) is 1. The van der Waals surface area contributed by atoms with Gasteiger partial charge in [0.05, 0.1) is 0 Å². The number of likely N-dealkylation sites (N-methyl/N-ethyl adjacent to an activating group) is 1. The molecule has 0 bridgehead atoms. The van der Waals surface area contributed by atoms with E-state index in [-0.39, 0.29) is 12.3 Å². The largest absolute Gasteiger partial charge is 0.693 e. The van der Waals surface area contributed by atoms with E-state index in [0.29, 0.717) is 6.61 Å². The van der Waals surface area contributed by atoms with E-state index in [1.165, 1.54) is 27.8 Å². The van der Waals surface area contributed by atoms with Crippen molar-refractivity contribution < 1.29 is 21.2 Å². The Bertz CT molecular complexity index is 921. The van der Waals surface area contributed by atoms with Gasteiger partial charge in [-0.15, -0.1) is 0 Å². The summed E-state index contributed by atoms with van der Waals surface area (Å²) in [5.74, 6) is 0.913. The second-order valence-corrected chi connectivity index (χ2v) is 10.4. The summed E-state index contributed by atoms with van der Waals surface area (Å²) in [5.41, 5.74) is 6.37. The van der Waals surface area contributed by atoms with Gasteiger partial charge >= 0.3 is 35.3 Å². The molecule has 182 valence electrons. The van der Waals surface area contributed by atoms with Gasteiger partial charge in [0.15, 0.2) is 0 Å². The van der Waals surface area contributed by atoms with Gasteiger partial charge < -0.3 is 21.9 Å². The molecule has 0 saturated carbocycles. The van der Waals surface area contributed by atoms with Crippen LogP contribution in [0.15, 0.2) is 84.9 Å². The maximum atomic E-state index is 5.87. The van der Waals surface area contributed by atoms with Crippen LogP contribution in [0.3, 0.4) is 0 Å². The second-order valence-electron chi connectivity index (χ2n) is 7.16. The Hall–Kier alpha value is -1.65. The Kier molecular flexibility index (Phi) is 16.9. The van der Waals surface area contributed by atoms with Crippen molar-refractivity contribution in [1.82, 2.24) is 4.90 Å². The summed E-state index contributed by atoms with van der Waals surface area (Å²) in [6.45, 7) is 3.83. The first-order chi connectivity index (χ1) is 15.1. The van der Waals surface area contributed by atoms with Gasteiger partial charge in [0, 0.05) is 6.54 Å². The van der Waals surface area contributed by atoms with Gasteiger partial charge in [-0.05, 0) is 60.5 Å². The third kappa shape index (κ3) is 10.4. The van der Waals surface area contributed by atoms with Gasteiger partial charge in [0.25, 0.3) is 0 Å². The first kappa shape index (κ1) is 31.3. The molecule has 0 aliphatic heterocycles. The Morgan fingerprint density at radius 2 is 1.21 bits per heavy atom. The number of hydrogen-bond acceptors (Lipinski definition) is 2. The zero-order valence-corrected chi connectivity index (χ0v) is 23.1. The van der Waals surface area contributed by atoms with Gasteiger partial charge in [-0.25, -0.2) is 0 Å². The average Bonchev–Trinajstić information content (AvgIpc) is 2.79. The predicted octanol–water partition coefficient (Wildman–Crippen LogP) is 8.81. The number of hydrogen-bond donors (Lipinski definition) is 0. The summed E-state index contributed by atoms with van der Waals surface area (Å²) in [6.07, 6.45) is 0.968. The molecule has 0 unspecified atom stereocenters. The Labute approximate surface area is 215 Å². The Balaban J connectivity index is 0.00000194. The fourth-order valence-electron chi connectivity index (χ4n) is 3.35. The number of rotatable bonds is 8. The third-order valence-corrected chi connectivity index (χ3v) is 4.79. The van der Waals surface area contributed by atoms with Crippen molar-refractivity contribution in [3.63, 3.8) is 0 Å². The van der Waals surface area contributed by atoms with Gasteiger partial charge in [-0.2, -0.15) is 0 Å². The zero-order chi connectivity index (χ0) is 22.5. The van der Waals surface area contributed by atoms with E-state index in [1.807, 2.05) is 0 Å². The van der Waals surface area contributed by atoms with Gasteiger partial charge in [0.1, 0.15) is 12.4 Å². The monoisotopic (exact) mass is 668 g/mol. The topological polar surface area (TPSA) is 79.5 Å². The van der Waals surface area contributed by atoms with E-state index >= 15 is 0 Å². The first-order valence-corrected chi connectivity index (χ1v) is 15.8. The molecule has 0 amide bonds. The van der Waals surface area contributed by atoms with E-state index in [9.17, 15) is 0 Å². The molecule has 4 N–H and O–H groups in total. The number of nitrogens with two attached hydrogens (primary N) is 2. The minimum absolute atomic E-state index is 0.